The lowest BCUT2D eigenvalue weighted by Crippen LogP contribution is -2.14. The zero-order chi connectivity index (χ0) is 18.5. The van der Waals surface area contributed by atoms with Crippen molar-refractivity contribution in [3.63, 3.8) is 0 Å². The predicted molar refractivity (Wildman–Crippen MR) is 101 cm³/mol. The number of aromatic nitrogens is 4. The van der Waals surface area contributed by atoms with E-state index in [0.29, 0.717) is 5.89 Å². The van der Waals surface area contributed by atoms with Crippen LogP contribution in [-0.2, 0) is 11.2 Å². The molecule has 1 aromatic carbocycles. The number of nitrogens with one attached hydrogen (secondary N) is 1. The maximum Gasteiger partial charge on any atom is 0.322 e. The number of carbonyl (C=O) groups is 1. The van der Waals surface area contributed by atoms with Crippen LogP contribution in [0, 0.1) is 0 Å². The standard InChI is InChI=1S/C18H21N5O2S/c1-4-26-14-7-5-13(6-8-14)11-16(24)20-18-22-21-17(25-18)15-9-10-19-23(15)12(2)3/h5-10,12H,4,11H2,1-3H3,(H,20,22,24). The van der Waals surface area contributed by atoms with Crippen molar-refractivity contribution in [2.45, 2.75) is 38.1 Å². The zero-order valence-corrected chi connectivity index (χ0v) is 15.8. The molecule has 8 heteroatoms. The van der Waals surface area contributed by atoms with Crippen LogP contribution in [0.2, 0.25) is 0 Å². The molecule has 2 aromatic heterocycles. The number of nitrogens with zero attached hydrogens (tertiary/aromatic N) is 4. The molecule has 0 radical (unpaired) electrons. The number of rotatable bonds is 7. The van der Waals surface area contributed by atoms with E-state index in [2.05, 4.69) is 27.5 Å². The molecule has 0 unspecified atom stereocenters. The quantitative estimate of drug-likeness (QED) is 0.636. The van der Waals surface area contributed by atoms with Crippen LogP contribution >= 0.6 is 11.8 Å². The predicted octanol–water partition coefficient (Wildman–Crippen LogP) is 3.81. The van der Waals surface area contributed by atoms with E-state index >= 15 is 0 Å². The molecule has 2 heterocycles. The first-order valence-electron chi connectivity index (χ1n) is 8.45. The van der Waals surface area contributed by atoms with E-state index in [4.69, 9.17) is 4.42 Å². The van der Waals surface area contributed by atoms with E-state index in [9.17, 15) is 4.79 Å². The highest BCUT2D eigenvalue weighted by Crippen LogP contribution is 2.22. The van der Waals surface area contributed by atoms with Gasteiger partial charge in [0.15, 0.2) is 0 Å². The summed E-state index contributed by atoms with van der Waals surface area (Å²) in [5.41, 5.74) is 1.65. The molecule has 0 spiro atoms. The third-order valence-corrected chi connectivity index (χ3v) is 4.54. The van der Waals surface area contributed by atoms with Crippen molar-refractivity contribution in [2.75, 3.05) is 11.1 Å². The number of thioether (sulfide) groups is 1. The minimum atomic E-state index is -0.200. The van der Waals surface area contributed by atoms with Crippen LogP contribution in [0.3, 0.4) is 0 Å². The summed E-state index contributed by atoms with van der Waals surface area (Å²) in [6.07, 6.45) is 1.93. The number of benzene rings is 1. The number of amides is 1. The van der Waals surface area contributed by atoms with Gasteiger partial charge in [0.2, 0.25) is 5.91 Å². The van der Waals surface area contributed by atoms with E-state index in [0.717, 1.165) is 17.0 Å². The largest absolute Gasteiger partial charge is 0.401 e. The van der Waals surface area contributed by atoms with E-state index in [1.165, 1.54) is 4.90 Å². The van der Waals surface area contributed by atoms with E-state index in [-0.39, 0.29) is 24.4 Å². The molecular formula is C18H21N5O2S. The van der Waals surface area contributed by atoms with Gasteiger partial charge in [0.25, 0.3) is 5.89 Å². The van der Waals surface area contributed by atoms with Crippen LogP contribution in [0.1, 0.15) is 32.4 Å². The normalized spacial score (nSPS) is 11.1. The number of hydrogen-bond acceptors (Lipinski definition) is 6. The molecule has 0 saturated carbocycles. The smallest absolute Gasteiger partial charge is 0.322 e. The van der Waals surface area contributed by atoms with E-state index in [1.807, 2.05) is 38.1 Å². The first-order valence-corrected chi connectivity index (χ1v) is 9.44. The Hall–Kier alpha value is -2.61. The molecule has 0 aliphatic carbocycles. The SMILES string of the molecule is CCSc1ccc(CC(=O)Nc2nnc(-c3ccnn3C(C)C)o2)cc1. The van der Waals surface area contributed by atoms with Crippen LogP contribution in [0.25, 0.3) is 11.6 Å². The van der Waals surface area contributed by atoms with Crippen LogP contribution in [0.4, 0.5) is 6.01 Å². The molecule has 3 rings (SSSR count). The first-order chi connectivity index (χ1) is 12.6. The monoisotopic (exact) mass is 371 g/mol. The zero-order valence-electron chi connectivity index (χ0n) is 15.0. The average Bonchev–Trinajstić information content (AvgIpc) is 3.25. The number of anilines is 1. The van der Waals surface area contributed by atoms with Crippen molar-refractivity contribution in [1.82, 2.24) is 20.0 Å². The van der Waals surface area contributed by atoms with Gasteiger partial charge in [-0.15, -0.1) is 16.9 Å². The first kappa shape index (κ1) is 18.2. The van der Waals surface area contributed by atoms with E-state index < -0.39 is 0 Å². The highest BCUT2D eigenvalue weighted by Gasteiger charge is 2.16. The second-order valence-electron chi connectivity index (χ2n) is 5.97. The number of carbonyl (C=O) groups excluding carboxylic acids is 1. The van der Waals surface area contributed by atoms with Gasteiger partial charge < -0.3 is 4.42 Å². The highest BCUT2D eigenvalue weighted by atomic mass is 32.2. The third-order valence-electron chi connectivity index (χ3n) is 3.65. The van der Waals surface area contributed by atoms with Gasteiger partial charge in [0.1, 0.15) is 5.69 Å². The van der Waals surface area contributed by atoms with Gasteiger partial charge in [0.05, 0.1) is 6.42 Å². The molecular weight excluding hydrogens is 350 g/mol. The summed E-state index contributed by atoms with van der Waals surface area (Å²) < 4.78 is 7.35. The van der Waals surface area contributed by atoms with Crippen LogP contribution in [0.5, 0.6) is 0 Å². The molecule has 0 saturated heterocycles. The molecule has 136 valence electrons. The van der Waals surface area contributed by atoms with Crippen LogP contribution in [0.15, 0.2) is 45.8 Å². The average molecular weight is 371 g/mol. The van der Waals surface area contributed by atoms with Crippen LogP contribution in [-0.4, -0.2) is 31.6 Å². The fourth-order valence-electron chi connectivity index (χ4n) is 2.49. The molecule has 0 aliphatic heterocycles. The molecule has 3 aromatic rings. The van der Waals surface area contributed by atoms with E-state index in [1.54, 1.807) is 28.7 Å². The lowest BCUT2D eigenvalue weighted by Gasteiger charge is -2.07. The summed E-state index contributed by atoms with van der Waals surface area (Å²) in [6, 6.07) is 10.0. The minimum absolute atomic E-state index is 0.0830. The molecule has 0 aliphatic rings. The van der Waals surface area contributed by atoms with Crippen molar-refractivity contribution >= 4 is 23.7 Å². The Balaban J connectivity index is 1.63. The Kier molecular flexibility index (Phi) is 5.72. The summed E-state index contributed by atoms with van der Waals surface area (Å²) in [7, 11) is 0. The van der Waals surface area contributed by atoms with Crippen molar-refractivity contribution in [3.8, 4) is 11.6 Å². The molecule has 1 amide bonds. The highest BCUT2D eigenvalue weighted by molar-refractivity contribution is 7.99. The molecule has 0 fully saturated rings. The summed E-state index contributed by atoms with van der Waals surface area (Å²) in [5.74, 6) is 1.15. The lowest BCUT2D eigenvalue weighted by atomic mass is 10.1. The lowest BCUT2D eigenvalue weighted by molar-refractivity contribution is -0.115. The van der Waals surface area contributed by atoms with Crippen molar-refractivity contribution < 1.29 is 9.21 Å². The maximum absolute atomic E-state index is 12.2. The number of hydrogen-bond donors (Lipinski definition) is 1. The fourth-order valence-corrected chi connectivity index (χ4v) is 3.15. The Morgan fingerprint density at radius 2 is 2.00 bits per heavy atom. The molecule has 1 N–H and O–H groups in total. The second kappa shape index (κ2) is 8.18. The Morgan fingerprint density at radius 3 is 2.69 bits per heavy atom. The second-order valence-corrected chi connectivity index (χ2v) is 7.31. The van der Waals surface area contributed by atoms with Gasteiger partial charge >= 0.3 is 6.01 Å². The summed E-state index contributed by atoms with van der Waals surface area (Å²) >= 11 is 1.77. The Bertz CT molecular complexity index is 870. The van der Waals surface area contributed by atoms with Crippen molar-refractivity contribution in [3.05, 3.63) is 42.1 Å². The van der Waals surface area contributed by atoms with Gasteiger partial charge in [-0.05, 0) is 43.4 Å². The molecule has 26 heavy (non-hydrogen) atoms. The third kappa shape index (κ3) is 4.32. The fraction of sp³-hybridized carbons (Fsp3) is 0.333. The summed E-state index contributed by atoms with van der Waals surface area (Å²) in [6.45, 7) is 6.14. The van der Waals surface area contributed by atoms with Gasteiger partial charge in [0, 0.05) is 17.1 Å². The van der Waals surface area contributed by atoms with Crippen LogP contribution < -0.4 is 5.32 Å². The van der Waals surface area contributed by atoms with Gasteiger partial charge in [-0.25, -0.2) is 0 Å². The minimum Gasteiger partial charge on any atom is -0.401 e. The Labute approximate surface area is 156 Å². The topological polar surface area (TPSA) is 85.8 Å². The summed E-state index contributed by atoms with van der Waals surface area (Å²) in [4.78, 5) is 13.4. The van der Waals surface area contributed by atoms with Crippen molar-refractivity contribution in [1.29, 1.82) is 0 Å². The molecule has 7 nitrogen and oxygen atoms in total. The van der Waals surface area contributed by atoms with Gasteiger partial charge in [-0.1, -0.05) is 24.2 Å². The molecule has 0 atom stereocenters. The van der Waals surface area contributed by atoms with Crippen molar-refractivity contribution in [2.24, 2.45) is 0 Å². The Morgan fingerprint density at radius 1 is 1.23 bits per heavy atom. The molecule has 0 bridgehead atoms. The maximum atomic E-state index is 12.2. The summed E-state index contributed by atoms with van der Waals surface area (Å²) in [5, 5.41) is 14.8. The van der Waals surface area contributed by atoms with Gasteiger partial charge in [-0.2, -0.15) is 5.10 Å². The van der Waals surface area contributed by atoms with Gasteiger partial charge in [-0.3, -0.25) is 14.8 Å².